The Kier molecular flexibility index (Phi) is 3.82. The van der Waals surface area contributed by atoms with Gasteiger partial charge in [-0.1, -0.05) is 4.49 Å². The normalized spacial score (nSPS) is 27.7. The quantitative estimate of drug-likeness (QED) is 0.815. The van der Waals surface area contributed by atoms with Crippen LogP contribution in [0, 0.1) is 12.8 Å². The summed E-state index contributed by atoms with van der Waals surface area (Å²) in [5.74, 6) is 1.47. The first-order valence-corrected chi connectivity index (χ1v) is 8.54. The second-order valence-electron chi connectivity index (χ2n) is 5.96. The zero-order valence-electron chi connectivity index (χ0n) is 12.7. The van der Waals surface area contributed by atoms with Crippen molar-refractivity contribution in [2.45, 2.75) is 31.8 Å². The average molecular weight is 335 g/mol. The molecule has 2 aliphatic heterocycles. The van der Waals surface area contributed by atoms with Crippen LogP contribution < -0.4 is 0 Å². The molecule has 4 heterocycles. The van der Waals surface area contributed by atoms with E-state index in [1.165, 1.54) is 11.5 Å². The summed E-state index contributed by atoms with van der Waals surface area (Å²) in [4.78, 5) is 14.4. The second-order valence-corrected chi connectivity index (χ2v) is 6.57. The SMILES string of the molecule is Cc1nnc([C@@H]2CCO[C@@H]3CCN(C(=O)c4csnn4)C[C@@H]32)o1. The van der Waals surface area contributed by atoms with Gasteiger partial charge in [-0.3, -0.25) is 4.79 Å². The number of carbonyl (C=O) groups excluding carboxylic acids is 1. The van der Waals surface area contributed by atoms with Crippen LogP contribution in [0.5, 0.6) is 0 Å². The molecule has 0 aromatic carbocycles. The summed E-state index contributed by atoms with van der Waals surface area (Å²) >= 11 is 1.19. The predicted molar refractivity (Wildman–Crippen MR) is 80.1 cm³/mol. The number of amides is 1. The molecule has 2 aromatic rings. The number of fused-ring (bicyclic) bond motifs is 1. The molecule has 0 bridgehead atoms. The first kappa shape index (κ1) is 14.7. The number of hydrogen-bond donors (Lipinski definition) is 0. The fourth-order valence-corrected chi connectivity index (χ4v) is 3.92. The molecule has 1 amide bonds. The molecule has 9 heteroatoms. The summed E-state index contributed by atoms with van der Waals surface area (Å²) in [7, 11) is 0. The molecule has 2 saturated heterocycles. The lowest BCUT2D eigenvalue weighted by molar-refractivity contribution is -0.0752. The number of nitrogens with zero attached hydrogens (tertiary/aromatic N) is 5. The Balaban J connectivity index is 1.55. The molecule has 0 spiro atoms. The Bertz CT molecular complexity index is 688. The summed E-state index contributed by atoms with van der Waals surface area (Å²) in [6.07, 6.45) is 1.79. The maximum absolute atomic E-state index is 12.5. The fraction of sp³-hybridized carbons (Fsp3) is 0.643. The Morgan fingerprint density at radius 1 is 1.35 bits per heavy atom. The number of hydrogen-bond acceptors (Lipinski definition) is 8. The van der Waals surface area contributed by atoms with Crippen molar-refractivity contribution in [3.63, 3.8) is 0 Å². The lowest BCUT2D eigenvalue weighted by Crippen LogP contribution is -2.51. The van der Waals surface area contributed by atoms with Crippen LogP contribution in [0.1, 0.15) is 41.0 Å². The number of aromatic nitrogens is 4. The minimum atomic E-state index is -0.0665. The Morgan fingerprint density at radius 3 is 3.00 bits per heavy atom. The third-order valence-corrected chi connectivity index (χ3v) is 5.10. The lowest BCUT2D eigenvalue weighted by Gasteiger charge is -2.43. The molecular formula is C14H17N5O3S. The van der Waals surface area contributed by atoms with Crippen molar-refractivity contribution < 1.29 is 13.9 Å². The van der Waals surface area contributed by atoms with Gasteiger partial charge in [-0.2, -0.15) is 0 Å². The van der Waals surface area contributed by atoms with Gasteiger partial charge in [0.15, 0.2) is 5.69 Å². The molecule has 122 valence electrons. The highest BCUT2D eigenvalue weighted by Gasteiger charge is 2.42. The van der Waals surface area contributed by atoms with E-state index < -0.39 is 0 Å². The van der Waals surface area contributed by atoms with Gasteiger partial charge in [-0.15, -0.1) is 15.3 Å². The van der Waals surface area contributed by atoms with Gasteiger partial charge in [0.05, 0.1) is 6.10 Å². The number of rotatable bonds is 2. The number of carbonyl (C=O) groups is 1. The molecule has 8 nitrogen and oxygen atoms in total. The number of piperidine rings is 1. The van der Waals surface area contributed by atoms with E-state index in [1.807, 2.05) is 4.90 Å². The highest BCUT2D eigenvalue weighted by Crippen LogP contribution is 2.39. The molecule has 4 rings (SSSR count). The summed E-state index contributed by atoms with van der Waals surface area (Å²) in [5, 5.41) is 13.7. The summed E-state index contributed by atoms with van der Waals surface area (Å²) in [5.41, 5.74) is 0.412. The van der Waals surface area contributed by atoms with Gasteiger partial charge in [0.1, 0.15) is 0 Å². The van der Waals surface area contributed by atoms with Crippen LogP contribution in [0.3, 0.4) is 0 Å². The molecule has 2 aliphatic rings. The van der Waals surface area contributed by atoms with Crippen LogP contribution in [0.15, 0.2) is 9.80 Å². The van der Waals surface area contributed by atoms with Crippen LogP contribution in [0.4, 0.5) is 0 Å². The van der Waals surface area contributed by atoms with E-state index in [2.05, 4.69) is 19.8 Å². The fourth-order valence-electron chi connectivity index (χ4n) is 3.49. The highest BCUT2D eigenvalue weighted by atomic mass is 32.1. The molecule has 0 unspecified atom stereocenters. The molecule has 2 fully saturated rings. The number of aryl methyl sites for hydroxylation is 1. The van der Waals surface area contributed by atoms with Gasteiger partial charge in [0, 0.05) is 43.8 Å². The maximum atomic E-state index is 12.5. The zero-order chi connectivity index (χ0) is 15.8. The van der Waals surface area contributed by atoms with Crippen molar-refractivity contribution in [1.82, 2.24) is 24.7 Å². The third-order valence-electron chi connectivity index (χ3n) is 4.60. The second kappa shape index (κ2) is 5.97. The van der Waals surface area contributed by atoms with E-state index in [0.29, 0.717) is 37.2 Å². The topological polar surface area (TPSA) is 94.2 Å². The van der Waals surface area contributed by atoms with Crippen LogP contribution in [-0.4, -0.2) is 56.4 Å². The Hall–Kier alpha value is -1.87. The summed E-state index contributed by atoms with van der Waals surface area (Å²) in [6, 6.07) is 0. The Morgan fingerprint density at radius 2 is 2.26 bits per heavy atom. The van der Waals surface area contributed by atoms with E-state index in [0.717, 1.165) is 12.8 Å². The van der Waals surface area contributed by atoms with E-state index in [1.54, 1.807) is 12.3 Å². The minimum absolute atomic E-state index is 0.0665. The molecule has 0 N–H and O–H groups in total. The minimum Gasteiger partial charge on any atom is -0.425 e. The molecule has 23 heavy (non-hydrogen) atoms. The molecule has 0 radical (unpaired) electrons. The van der Waals surface area contributed by atoms with Gasteiger partial charge < -0.3 is 14.1 Å². The van der Waals surface area contributed by atoms with Crippen molar-refractivity contribution in [2.24, 2.45) is 5.92 Å². The maximum Gasteiger partial charge on any atom is 0.275 e. The smallest absolute Gasteiger partial charge is 0.275 e. The Labute approximate surface area is 137 Å². The van der Waals surface area contributed by atoms with E-state index in [4.69, 9.17) is 9.15 Å². The van der Waals surface area contributed by atoms with Gasteiger partial charge in [0.25, 0.3) is 5.91 Å². The summed E-state index contributed by atoms with van der Waals surface area (Å²) < 4.78 is 15.3. The van der Waals surface area contributed by atoms with Crippen molar-refractivity contribution in [3.8, 4) is 0 Å². The predicted octanol–water partition coefficient (Wildman–Crippen LogP) is 1.26. The van der Waals surface area contributed by atoms with Crippen LogP contribution in [0.25, 0.3) is 0 Å². The average Bonchev–Trinajstić information content (AvgIpc) is 3.24. The van der Waals surface area contributed by atoms with E-state index >= 15 is 0 Å². The van der Waals surface area contributed by atoms with Gasteiger partial charge in [0.2, 0.25) is 11.8 Å². The summed E-state index contributed by atoms with van der Waals surface area (Å²) in [6.45, 7) is 3.77. The lowest BCUT2D eigenvalue weighted by atomic mass is 9.79. The van der Waals surface area contributed by atoms with Crippen molar-refractivity contribution in [1.29, 1.82) is 0 Å². The molecule has 0 saturated carbocycles. The van der Waals surface area contributed by atoms with Crippen LogP contribution in [0.2, 0.25) is 0 Å². The van der Waals surface area contributed by atoms with Gasteiger partial charge in [-0.05, 0) is 24.4 Å². The molecule has 3 atom stereocenters. The first-order valence-electron chi connectivity index (χ1n) is 7.70. The van der Waals surface area contributed by atoms with Gasteiger partial charge >= 0.3 is 0 Å². The van der Waals surface area contributed by atoms with Crippen molar-refractivity contribution >= 4 is 17.4 Å². The van der Waals surface area contributed by atoms with E-state index in [-0.39, 0.29) is 23.8 Å². The molecule has 0 aliphatic carbocycles. The first-order chi connectivity index (χ1) is 11.2. The van der Waals surface area contributed by atoms with Gasteiger partial charge in [-0.25, -0.2) is 0 Å². The molecule has 2 aromatic heterocycles. The van der Waals surface area contributed by atoms with Crippen LogP contribution >= 0.6 is 11.5 Å². The van der Waals surface area contributed by atoms with E-state index in [9.17, 15) is 4.79 Å². The zero-order valence-corrected chi connectivity index (χ0v) is 13.5. The standard InChI is InChI=1S/C14H17N5O3S/c1-8-15-17-13(22-8)9-3-5-21-12-2-4-19(6-10(9)12)14(20)11-7-23-18-16-11/h7,9-10,12H,2-6H2,1H3/t9-,10-,12-/m1/s1. The van der Waals surface area contributed by atoms with Crippen molar-refractivity contribution in [2.75, 3.05) is 19.7 Å². The third kappa shape index (κ3) is 2.74. The van der Waals surface area contributed by atoms with Crippen molar-refractivity contribution in [3.05, 3.63) is 22.9 Å². The number of likely N-dealkylation sites (tertiary alicyclic amines) is 1. The van der Waals surface area contributed by atoms with Crippen LogP contribution in [-0.2, 0) is 4.74 Å². The number of ether oxygens (including phenoxy) is 1. The highest BCUT2D eigenvalue weighted by molar-refractivity contribution is 7.03. The largest absolute Gasteiger partial charge is 0.425 e. The molecular weight excluding hydrogens is 318 g/mol. The monoisotopic (exact) mass is 335 g/mol.